The minimum absolute atomic E-state index is 0.0517. The molecular weight excluding hydrogens is 340 g/mol. The quantitative estimate of drug-likeness (QED) is 0.701. The Morgan fingerprint density at radius 3 is 2.80 bits per heavy atom. The lowest BCUT2D eigenvalue weighted by Gasteiger charge is -2.06. The molecule has 0 atom stereocenters. The molecule has 0 fully saturated rings. The van der Waals surface area contributed by atoms with Crippen LogP contribution in [0.3, 0.4) is 0 Å². The molecule has 0 aliphatic rings. The van der Waals surface area contributed by atoms with Gasteiger partial charge in [-0.25, -0.2) is 4.68 Å². The van der Waals surface area contributed by atoms with Crippen LogP contribution in [0.25, 0.3) is 11.3 Å². The molecule has 0 saturated heterocycles. The number of amides is 1. The zero-order valence-corrected chi connectivity index (χ0v) is 14.4. The molecule has 0 saturated carbocycles. The number of furan rings is 1. The number of carbonyl (C=O) groups is 1. The lowest BCUT2D eigenvalue weighted by Crippen LogP contribution is -2.13. The zero-order valence-electron chi connectivity index (χ0n) is 13.6. The van der Waals surface area contributed by atoms with E-state index in [0.717, 1.165) is 5.76 Å². The van der Waals surface area contributed by atoms with Gasteiger partial charge in [0.2, 0.25) is 4.80 Å². The summed E-state index contributed by atoms with van der Waals surface area (Å²) in [7, 11) is 1.67. The van der Waals surface area contributed by atoms with Gasteiger partial charge in [0.15, 0.2) is 0 Å². The summed E-state index contributed by atoms with van der Waals surface area (Å²) in [5, 5.41) is 16.1. The first-order valence-electron chi connectivity index (χ1n) is 7.37. The highest BCUT2D eigenvalue weighted by atomic mass is 32.1. The number of nitrogens with two attached hydrogens (primary N) is 1. The van der Waals surface area contributed by atoms with Gasteiger partial charge in [-0.2, -0.15) is 5.10 Å². The second-order valence-corrected chi connectivity index (χ2v) is 6.06. The van der Waals surface area contributed by atoms with Crippen LogP contribution in [0.4, 0.5) is 0 Å². The van der Waals surface area contributed by atoms with E-state index in [1.54, 1.807) is 24.0 Å². The van der Waals surface area contributed by atoms with Gasteiger partial charge in [0.1, 0.15) is 17.3 Å². The number of hydrogen-bond acceptors (Lipinski definition) is 6. The molecule has 0 aliphatic carbocycles. The summed E-state index contributed by atoms with van der Waals surface area (Å²) in [6.07, 6.45) is 1.59. The number of carbonyl (C=O) groups excluding carboxylic acids is 1. The van der Waals surface area contributed by atoms with Crippen LogP contribution >= 0.6 is 11.3 Å². The highest BCUT2D eigenvalue weighted by molar-refractivity contribution is 7.07. The number of benzene rings is 1. The lowest BCUT2D eigenvalue weighted by atomic mass is 10.1. The van der Waals surface area contributed by atoms with E-state index in [2.05, 4.69) is 10.1 Å². The highest BCUT2D eigenvalue weighted by Crippen LogP contribution is 2.26. The molecule has 1 amide bonds. The Morgan fingerprint density at radius 1 is 1.36 bits per heavy atom. The van der Waals surface area contributed by atoms with E-state index in [1.807, 2.05) is 24.4 Å². The Labute approximate surface area is 147 Å². The second kappa shape index (κ2) is 6.78. The molecule has 3 aromatic rings. The Hall–Kier alpha value is -3.13. The average molecular weight is 356 g/mol. The molecule has 0 unspecified atom stereocenters. The Kier molecular flexibility index (Phi) is 4.53. The average Bonchev–Trinajstić information content (AvgIpc) is 3.18. The molecule has 3 rings (SSSR count). The number of aryl methyl sites for hydroxylation is 1. The third-order valence-electron chi connectivity index (χ3n) is 3.50. The van der Waals surface area contributed by atoms with Gasteiger partial charge in [-0.05, 0) is 37.3 Å². The van der Waals surface area contributed by atoms with Crippen LogP contribution < -0.4 is 10.5 Å². The minimum Gasteiger partial charge on any atom is -0.507 e. The molecule has 128 valence electrons. The van der Waals surface area contributed by atoms with Crippen LogP contribution in [0.5, 0.6) is 5.75 Å². The normalized spacial score (nSPS) is 12.2. The van der Waals surface area contributed by atoms with Crippen molar-refractivity contribution in [2.45, 2.75) is 6.92 Å². The van der Waals surface area contributed by atoms with E-state index < -0.39 is 5.91 Å². The molecule has 2 heterocycles. The molecule has 0 radical (unpaired) electrons. The molecule has 2 aromatic heterocycles. The second-order valence-electron chi connectivity index (χ2n) is 5.23. The first kappa shape index (κ1) is 16.7. The molecule has 7 nitrogen and oxygen atoms in total. The van der Waals surface area contributed by atoms with E-state index in [1.165, 1.54) is 23.5 Å². The number of aromatic hydroxyl groups is 1. The fourth-order valence-corrected chi connectivity index (χ4v) is 3.09. The van der Waals surface area contributed by atoms with Crippen molar-refractivity contribution in [2.75, 3.05) is 7.05 Å². The highest BCUT2D eigenvalue weighted by Gasteiger charge is 2.13. The summed E-state index contributed by atoms with van der Waals surface area (Å²) in [5.41, 5.74) is 6.76. The molecule has 0 spiro atoms. The minimum atomic E-state index is -0.698. The van der Waals surface area contributed by atoms with E-state index in [-0.39, 0.29) is 11.3 Å². The molecule has 25 heavy (non-hydrogen) atoms. The van der Waals surface area contributed by atoms with Gasteiger partial charge in [0, 0.05) is 18.0 Å². The summed E-state index contributed by atoms with van der Waals surface area (Å²) >= 11 is 1.40. The monoisotopic (exact) mass is 356 g/mol. The zero-order chi connectivity index (χ0) is 18.0. The summed E-state index contributed by atoms with van der Waals surface area (Å²) in [6, 6.07) is 8.32. The van der Waals surface area contributed by atoms with Crippen molar-refractivity contribution >= 4 is 23.5 Å². The standard InChI is InChI=1S/C17H16N4O3S/c1-10-3-5-12(24-10)8-20-21-14(9-25-17(21)19-2)11-4-6-15(22)13(7-11)16(18)23/h3-9,22H,1-2H3,(H2,18,23)/b19-17?,20-8-. The summed E-state index contributed by atoms with van der Waals surface area (Å²) in [5.74, 6) is 0.554. The van der Waals surface area contributed by atoms with Crippen molar-refractivity contribution in [1.29, 1.82) is 0 Å². The fraction of sp³-hybridized carbons (Fsp3) is 0.118. The largest absolute Gasteiger partial charge is 0.507 e. The first-order chi connectivity index (χ1) is 12.0. The van der Waals surface area contributed by atoms with Gasteiger partial charge in [-0.3, -0.25) is 9.79 Å². The van der Waals surface area contributed by atoms with Gasteiger partial charge < -0.3 is 15.3 Å². The molecule has 0 aliphatic heterocycles. The molecular formula is C17H16N4O3S. The van der Waals surface area contributed by atoms with Crippen LogP contribution in [0.2, 0.25) is 0 Å². The molecule has 8 heteroatoms. The number of aromatic nitrogens is 1. The van der Waals surface area contributed by atoms with Gasteiger partial charge in [-0.15, -0.1) is 11.3 Å². The lowest BCUT2D eigenvalue weighted by molar-refractivity contribution is 0.0998. The fourth-order valence-electron chi connectivity index (χ4n) is 2.29. The third kappa shape index (κ3) is 3.38. The van der Waals surface area contributed by atoms with E-state index >= 15 is 0 Å². The van der Waals surface area contributed by atoms with E-state index in [4.69, 9.17) is 10.2 Å². The number of rotatable bonds is 4. The summed E-state index contributed by atoms with van der Waals surface area (Å²) in [4.78, 5) is 16.3. The van der Waals surface area contributed by atoms with E-state index in [0.29, 0.717) is 21.8 Å². The smallest absolute Gasteiger partial charge is 0.252 e. The van der Waals surface area contributed by atoms with Crippen molar-refractivity contribution in [3.05, 3.63) is 57.6 Å². The van der Waals surface area contributed by atoms with Gasteiger partial charge in [-0.1, -0.05) is 0 Å². The topological polar surface area (TPSA) is 106 Å². The van der Waals surface area contributed by atoms with Crippen LogP contribution in [-0.2, 0) is 0 Å². The Morgan fingerprint density at radius 2 is 2.16 bits per heavy atom. The first-order valence-corrected chi connectivity index (χ1v) is 8.25. The van der Waals surface area contributed by atoms with Gasteiger partial charge in [0.05, 0.1) is 17.5 Å². The SMILES string of the molecule is CN=c1scc(-c2ccc(O)c(C(N)=O)c2)n1/N=C\c1ccc(C)o1. The van der Waals surface area contributed by atoms with Crippen molar-refractivity contribution < 1.29 is 14.3 Å². The van der Waals surface area contributed by atoms with Crippen LogP contribution in [0.1, 0.15) is 21.9 Å². The van der Waals surface area contributed by atoms with Crippen molar-refractivity contribution in [1.82, 2.24) is 4.68 Å². The van der Waals surface area contributed by atoms with E-state index in [9.17, 15) is 9.90 Å². The van der Waals surface area contributed by atoms with Crippen LogP contribution in [0.15, 0.2) is 50.2 Å². The maximum atomic E-state index is 11.5. The number of primary amides is 1. The number of hydrogen-bond donors (Lipinski definition) is 2. The predicted molar refractivity (Wildman–Crippen MR) is 95.9 cm³/mol. The summed E-state index contributed by atoms with van der Waals surface area (Å²) in [6.45, 7) is 1.86. The number of nitrogens with zero attached hydrogens (tertiary/aromatic N) is 3. The van der Waals surface area contributed by atoms with Crippen molar-refractivity contribution in [3.63, 3.8) is 0 Å². The Bertz CT molecular complexity index is 1030. The van der Waals surface area contributed by atoms with Crippen LogP contribution in [-0.4, -0.2) is 29.0 Å². The van der Waals surface area contributed by atoms with Crippen molar-refractivity contribution in [2.24, 2.45) is 15.8 Å². The van der Waals surface area contributed by atoms with Gasteiger partial charge in [0.25, 0.3) is 5.91 Å². The molecule has 3 N–H and O–H groups in total. The van der Waals surface area contributed by atoms with Crippen molar-refractivity contribution in [3.8, 4) is 17.0 Å². The molecule has 1 aromatic carbocycles. The number of thiazole rings is 1. The molecule has 0 bridgehead atoms. The predicted octanol–water partition coefficient (Wildman–Crippen LogP) is 2.34. The Balaban J connectivity index is 2.09. The summed E-state index contributed by atoms with van der Waals surface area (Å²) < 4.78 is 7.12. The third-order valence-corrected chi connectivity index (χ3v) is 4.40. The van der Waals surface area contributed by atoms with Crippen LogP contribution in [0, 0.1) is 6.92 Å². The maximum absolute atomic E-state index is 11.5. The number of phenols is 1. The maximum Gasteiger partial charge on any atom is 0.252 e. The van der Waals surface area contributed by atoms with Gasteiger partial charge >= 0.3 is 0 Å².